The molecule has 0 aromatic carbocycles. The summed E-state index contributed by atoms with van der Waals surface area (Å²) in [5, 5.41) is 3.73. The standard InChI is InChI=1S/C12H24N2/c13-8-10-4-3-5-11(10)9-14-12-6-1-2-7-12/h10-12,14H,1-9,13H2. The zero-order valence-electron chi connectivity index (χ0n) is 9.17. The Morgan fingerprint density at radius 1 is 0.929 bits per heavy atom. The summed E-state index contributed by atoms with van der Waals surface area (Å²) in [5.74, 6) is 1.68. The van der Waals surface area contributed by atoms with Gasteiger partial charge in [0.25, 0.3) is 0 Å². The van der Waals surface area contributed by atoms with E-state index in [1.54, 1.807) is 0 Å². The second kappa shape index (κ2) is 5.13. The van der Waals surface area contributed by atoms with Crippen LogP contribution in [0, 0.1) is 11.8 Å². The third-order valence-electron chi connectivity index (χ3n) is 4.14. The summed E-state index contributed by atoms with van der Waals surface area (Å²) >= 11 is 0. The highest BCUT2D eigenvalue weighted by Crippen LogP contribution is 2.30. The highest BCUT2D eigenvalue weighted by atomic mass is 14.9. The van der Waals surface area contributed by atoms with Gasteiger partial charge in [0.05, 0.1) is 0 Å². The largest absolute Gasteiger partial charge is 0.330 e. The van der Waals surface area contributed by atoms with Crippen molar-refractivity contribution in [1.82, 2.24) is 5.32 Å². The van der Waals surface area contributed by atoms with E-state index in [1.807, 2.05) is 0 Å². The van der Waals surface area contributed by atoms with Crippen molar-refractivity contribution in [2.75, 3.05) is 13.1 Å². The Bertz CT molecular complexity index is 164. The first-order chi connectivity index (χ1) is 6.90. The summed E-state index contributed by atoms with van der Waals surface area (Å²) in [6.45, 7) is 2.13. The van der Waals surface area contributed by atoms with Crippen molar-refractivity contribution in [2.45, 2.75) is 51.0 Å². The van der Waals surface area contributed by atoms with Gasteiger partial charge in [-0.05, 0) is 50.6 Å². The molecule has 2 nitrogen and oxygen atoms in total. The molecular formula is C12H24N2. The molecule has 0 amide bonds. The molecule has 2 aliphatic carbocycles. The van der Waals surface area contributed by atoms with Crippen LogP contribution in [0.25, 0.3) is 0 Å². The normalized spacial score (nSPS) is 34.1. The van der Waals surface area contributed by atoms with Crippen molar-refractivity contribution in [3.63, 3.8) is 0 Å². The minimum Gasteiger partial charge on any atom is -0.330 e. The summed E-state index contributed by atoms with van der Waals surface area (Å²) in [6, 6.07) is 0.828. The molecule has 2 unspecified atom stereocenters. The third kappa shape index (κ3) is 2.48. The Kier molecular flexibility index (Phi) is 3.82. The average molecular weight is 196 g/mol. The van der Waals surface area contributed by atoms with Crippen LogP contribution in [0.1, 0.15) is 44.9 Å². The van der Waals surface area contributed by atoms with Crippen LogP contribution in [0.3, 0.4) is 0 Å². The van der Waals surface area contributed by atoms with E-state index in [0.29, 0.717) is 0 Å². The number of rotatable bonds is 4. The van der Waals surface area contributed by atoms with Gasteiger partial charge in [-0.2, -0.15) is 0 Å². The van der Waals surface area contributed by atoms with E-state index >= 15 is 0 Å². The minimum absolute atomic E-state index is 0.809. The van der Waals surface area contributed by atoms with Crippen LogP contribution in [0.5, 0.6) is 0 Å². The average Bonchev–Trinajstić information content (AvgIpc) is 2.85. The Morgan fingerprint density at radius 2 is 1.64 bits per heavy atom. The van der Waals surface area contributed by atoms with Gasteiger partial charge >= 0.3 is 0 Å². The van der Waals surface area contributed by atoms with Gasteiger partial charge in [0.1, 0.15) is 0 Å². The highest BCUT2D eigenvalue weighted by Gasteiger charge is 2.26. The maximum Gasteiger partial charge on any atom is 0.00671 e. The summed E-state index contributed by atoms with van der Waals surface area (Å²) in [7, 11) is 0. The molecule has 0 aromatic heterocycles. The summed E-state index contributed by atoms with van der Waals surface area (Å²) < 4.78 is 0. The molecular weight excluding hydrogens is 172 g/mol. The predicted molar refractivity (Wildman–Crippen MR) is 60.1 cm³/mol. The van der Waals surface area contributed by atoms with E-state index in [2.05, 4.69) is 5.32 Å². The van der Waals surface area contributed by atoms with E-state index in [1.165, 1.54) is 51.5 Å². The molecule has 2 saturated carbocycles. The van der Waals surface area contributed by atoms with Gasteiger partial charge in [0, 0.05) is 6.04 Å². The summed E-state index contributed by atoms with van der Waals surface area (Å²) in [4.78, 5) is 0. The number of hydrogen-bond acceptors (Lipinski definition) is 2. The fourth-order valence-corrected chi connectivity index (χ4v) is 3.14. The van der Waals surface area contributed by atoms with Crippen molar-refractivity contribution >= 4 is 0 Å². The molecule has 2 aliphatic rings. The van der Waals surface area contributed by atoms with Gasteiger partial charge in [0.15, 0.2) is 0 Å². The monoisotopic (exact) mass is 196 g/mol. The van der Waals surface area contributed by atoms with Crippen molar-refractivity contribution in [3.8, 4) is 0 Å². The Balaban J connectivity index is 1.68. The lowest BCUT2D eigenvalue weighted by atomic mass is 9.96. The van der Waals surface area contributed by atoms with Crippen molar-refractivity contribution in [2.24, 2.45) is 17.6 Å². The predicted octanol–water partition coefficient (Wildman–Crippen LogP) is 1.89. The van der Waals surface area contributed by atoms with Crippen LogP contribution in [0.4, 0.5) is 0 Å². The summed E-state index contributed by atoms with van der Waals surface area (Å²) in [5.41, 5.74) is 5.78. The van der Waals surface area contributed by atoms with Crippen LogP contribution in [-0.4, -0.2) is 19.1 Å². The van der Waals surface area contributed by atoms with Gasteiger partial charge in [-0.15, -0.1) is 0 Å². The van der Waals surface area contributed by atoms with E-state index in [9.17, 15) is 0 Å². The summed E-state index contributed by atoms with van der Waals surface area (Å²) in [6.07, 6.45) is 9.85. The highest BCUT2D eigenvalue weighted by molar-refractivity contribution is 4.82. The van der Waals surface area contributed by atoms with Crippen molar-refractivity contribution in [1.29, 1.82) is 0 Å². The number of hydrogen-bond donors (Lipinski definition) is 2. The molecule has 0 heterocycles. The maximum atomic E-state index is 5.78. The van der Waals surface area contributed by atoms with Crippen LogP contribution >= 0.6 is 0 Å². The molecule has 2 rings (SSSR count). The first-order valence-corrected chi connectivity index (χ1v) is 6.33. The van der Waals surface area contributed by atoms with Crippen LogP contribution in [-0.2, 0) is 0 Å². The lowest BCUT2D eigenvalue weighted by molar-refractivity contribution is 0.353. The van der Waals surface area contributed by atoms with Crippen LogP contribution < -0.4 is 11.1 Å². The first-order valence-electron chi connectivity index (χ1n) is 6.33. The maximum absolute atomic E-state index is 5.78. The Hall–Kier alpha value is -0.0800. The van der Waals surface area contributed by atoms with E-state index in [0.717, 1.165) is 24.4 Å². The molecule has 2 atom stereocenters. The molecule has 2 fully saturated rings. The molecule has 0 saturated heterocycles. The topological polar surface area (TPSA) is 38.0 Å². The van der Waals surface area contributed by atoms with Gasteiger partial charge in [-0.3, -0.25) is 0 Å². The van der Waals surface area contributed by atoms with E-state index < -0.39 is 0 Å². The molecule has 0 bridgehead atoms. The minimum atomic E-state index is 0.809. The lowest BCUT2D eigenvalue weighted by Gasteiger charge is -2.21. The van der Waals surface area contributed by atoms with Crippen LogP contribution in [0.15, 0.2) is 0 Å². The second-order valence-corrected chi connectivity index (χ2v) is 5.08. The SMILES string of the molecule is NCC1CCCC1CNC1CCCC1. The lowest BCUT2D eigenvalue weighted by Crippen LogP contribution is -2.34. The fourth-order valence-electron chi connectivity index (χ4n) is 3.14. The quantitative estimate of drug-likeness (QED) is 0.720. The molecule has 0 aliphatic heterocycles. The van der Waals surface area contributed by atoms with Gasteiger partial charge in [-0.1, -0.05) is 19.3 Å². The number of nitrogens with two attached hydrogens (primary N) is 1. The molecule has 3 N–H and O–H groups in total. The van der Waals surface area contributed by atoms with Crippen molar-refractivity contribution in [3.05, 3.63) is 0 Å². The third-order valence-corrected chi connectivity index (χ3v) is 4.14. The Labute approximate surface area is 87.6 Å². The van der Waals surface area contributed by atoms with Crippen LogP contribution in [0.2, 0.25) is 0 Å². The van der Waals surface area contributed by atoms with E-state index in [4.69, 9.17) is 5.73 Å². The van der Waals surface area contributed by atoms with Gasteiger partial charge in [0.2, 0.25) is 0 Å². The zero-order valence-corrected chi connectivity index (χ0v) is 9.17. The number of nitrogens with one attached hydrogen (secondary N) is 1. The smallest absolute Gasteiger partial charge is 0.00671 e. The molecule has 14 heavy (non-hydrogen) atoms. The molecule has 0 spiro atoms. The van der Waals surface area contributed by atoms with Gasteiger partial charge in [-0.25, -0.2) is 0 Å². The fraction of sp³-hybridized carbons (Fsp3) is 1.00. The van der Waals surface area contributed by atoms with Gasteiger partial charge < -0.3 is 11.1 Å². The molecule has 2 heteroatoms. The second-order valence-electron chi connectivity index (χ2n) is 5.08. The molecule has 82 valence electrons. The molecule has 0 radical (unpaired) electrons. The van der Waals surface area contributed by atoms with E-state index in [-0.39, 0.29) is 0 Å². The van der Waals surface area contributed by atoms with Crippen molar-refractivity contribution < 1.29 is 0 Å². The first kappa shape index (κ1) is 10.4. The Morgan fingerprint density at radius 3 is 2.36 bits per heavy atom. The molecule has 0 aromatic rings. The zero-order chi connectivity index (χ0) is 9.80.